The third-order valence-electron chi connectivity index (χ3n) is 4.51. The standard InChI is InChI=1S/C19H19N5O/c1-22(11-12-24-13-20-15-8-4-6-10-17(15)24)19(25)18-14-7-3-5-9-16(14)23(2)21-18/h3-10,13H,11-12H2,1-2H3. The van der Waals surface area contributed by atoms with Crippen LogP contribution in [0.25, 0.3) is 21.9 Å². The molecule has 6 nitrogen and oxygen atoms in total. The number of hydrogen-bond donors (Lipinski definition) is 0. The van der Waals surface area contributed by atoms with E-state index >= 15 is 0 Å². The van der Waals surface area contributed by atoms with Crippen molar-refractivity contribution in [2.75, 3.05) is 13.6 Å². The Balaban J connectivity index is 1.54. The maximum atomic E-state index is 12.8. The molecule has 0 saturated heterocycles. The van der Waals surface area contributed by atoms with Crippen molar-refractivity contribution in [1.29, 1.82) is 0 Å². The van der Waals surface area contributed by atoms with Gasteiger partial charge in [-0.1, -0.05) is 30.3 Å². The highest BCUT2D eigenvalue weighted by Gasteiger charge is 2.19. The van der Waals surface area contributed by atoms with Crippen molar-refractivity contribution in [1.82, 2.24) is 24.2 Å². The first-order valence-corrected chi connectivity index (χ1v) is 8.22. The van der Waals surface area contributed by atoms with Gasteiger partial charge < -0.3 is 9.47 Å². The Hall–Kier alpha value is -3.15. The van der Waals surface area contributed by atoms with Crippen LogP contribution in [0.4, 0.5) is 0 Å². The number of para-hydroxylation sites is 3. The molecule has 0 saturated carbocycles. The molecule has 0 fully saturated rings. The number of rotatable bonds is 4. The molecule has 0 spiro atoms. The summed E-state index contributed by atoms with van der Waals surface area (Å²) in [4.78, 5) is 18.9. The summed E-state index contributed by atoms with van der Waals surface area (Å²) in [6, 6.07) is 15.8. The smallest absolute Gasteiger partial charge is 0.274 e. The van der Waals surface area contributed by atoms with Crippen molar-refractivity contribution in [2.24, 2.45) is 7.05 Å². The molecule has 0 aliphatic rings. The van der Waals surface area contributed by atoms with Crippen molar-refractivity contribution in [2.45, 2.75) is 6.54 Å². The lowest BCUT2D eigenvalue weighted by Gasteiger charge is -2.16. The number of imidazole rings is 1. The summed E-state index contributed by atoms with van der Waals surface area (Å²) in [7, 11) is 3.67. The molecule has 4 aromatic rings. The largest absolute Gasteiger partial charge is 0.339 e. The molecule has 0 unspecified atom stereocenters. The normalized spacial score (nSPS) is 11.3. The topological polar surface area (TPSA) is 56.0 Å². The average Bonchev–Trinajstić information content (AvgIpc) is 3.21. The van der Waals surface area contributed by atoms with E-state index in [-0.39, 0.29) is 5.91 Å². The summed E-state index contributed by atoms with van der Waals surface area (Å²) in [5.41, 5.74) is 3.50. The van der Waals surface area contributed by atoms with Gasteiger partial charge in [-0.3, -0.25) is 9.48 Å². The van der Waals surface area contributed by atoms with Gasteiger partial charge >= 0.3 is 0 Å². The Morgan fingerprint density at radius 2 is 1.80 bits per heavy atom. The molecular weight excluding hydrogens is 314 g/mol. The van der Waals surface area contributed by atoms with Crippen LogP contribution in [-0.4, -0.2) is 43.7 Å². The molecule has 0 bridgehead atoms. The minimum atomic E-state index is -0.0683. The predicted molar refractivity (Wildman–Crippen MR) is 97.4 cm³/mol. The predicted octanol–water partition coefficient (Wildman–Crippen LogP) is 2.70. The molecule has 1 amide bonds. The Bertz CT molecular complexity index is 1060. The van der Waals surface area contributed by atoms with Gasteiger partial charge in [0.05, 0.1) is 22.9 Å². The van der Waals surface area contributed by atoms with E-state index in [0.29, 0.717) is 18.8 Å². The van der Waals surface area contributed by atoms with Crippen molar-refractivity contribution < 1.29 is 4.79 Å². The fraction of sp³-hybridized carbons (Fsp3) is 0.211. The van der Waals surface area contributed by atoms with Crippen molar-refractivity contribution >= 4 is 27.8 Å². The van der Waals surface area contributed by atoms with E-state index in [1.807, 2.05) is 69.0 Å². The number of carbonyl (C=O) groups is 1. The summed E-state index contributed by atoms with van der Waals surface area (Å²) < 4.78 is 3.81. The van der Waals surface area contributed by atoms with Gasteiger partial charge in [-0.15, -0.1) is 0 Å². The summed E-state index contributed by atoms with van der Waals surface area (Å²) >= 11 is 0. The number of hydrogen-bond acceptors (Lipinski definition) is 3. The lowest BCUT2D eigenvalue weighted by Crippen LogP contribution is -2.30. The number of likely N-dealkylation sites (N-methyl/N-ethyl adjacent to an activating group) is 1. The number of aryl methyl sites for hydroxylation is 1. The van der Waals surface area contributed by atoms with Gasteiger partial charge in [-0.05, 0) is 18.2 Å². The van der Waals surface area contributed by atoms with Gasteiger partial charge in [0.2, 0.25) is 0 Å². The maximum Gasteiger partial charge on any atom is 0.274 e. The van der Waals surface area contributed by atoms with Crippen LogP contribution < -0.4 is 0 Å². The highest BCUT2D eigenvalue weighted by Crippen LogP contribution is 2.19. The van der Waals surface area contributed by atoms with Crippen LogP contribution in [0, 0.1) is 0 Å². The number of benzene rings is 2. The number of amides is 1. The van der Waals surface area contributed by atoms with Crippen LogP contribution in [0.1, 0.15) is 10.5 Å². The van der Waals surface area contributed by atoms with E-state index in [1.54, 1.807) is 9.58 Å². The second-order valence-electron chi connectivity index (χ2n) is 6.14. The van der Waals surface area contributed by atoms with Crippen molar-refractivity contribution in [3.8, 4) is 0 Å². The molecule has 2 heterocycles. The van der Waals surface area contributed by atoms with Gasteiger partial charge in [0.1, 0.15) is 0 Å². The van der Waals surface area contributed by atoms with Gasteiger partial charge in [0.15, 0.2) is 5.69 Å². The van der Waals surface area contributed by atoms with E-state index in [2.05, 4.69) is 14.6 Å². The van der Waals surface area contributed by atoms with E-state index in [1.165, 1.54) is 0 Å². The van der Waals surface area contributed by atoms with Crippen LogP contribution >= 0.6 is 0 Å². The Morgan fingerprint density at radius 1 is 1.08 bits per heavy atom. The fourth-order valence-corrected chi connectivity index (χ4v) is 3.10. The molecule has 2 aromatic heterocycles. The molecule has 0 atom stereocenters. The van der Waals surface area contributed by atoms with Gasteiger partial charge in [0.25, 0.3) is 5.91 Å². The summed E-state index contributed by atoms with van der Waals surface area (Å²) in [5.74, 6) is -0.0683. The van der Waals surface area contributed by atoms with Crippen LogP contribution in [0.2, 0.25) is 0 Å². The van der Waals surface area contributed by atoms with Crippen LogP contribution in [-0.2, 0) is 13.6 Å². The summed E-state index contributed by atoms with van der Waals surface area (Å²) in [6.07, 6.45) is 1.82. The number of nitrogens with zero attached hydrogens (tertiary/aromatic N) is 5. The Kier molecular flexibility index (Phi) is 3.72. The number of carbonyl (C=O) groups excluding carboxylic acids is 1. The molecule has 126 valence electrons. The number of fused-ring (bicyclic) bond motifs is 2. The quantitative estimate of drug-likeness (QED) is 0.577. The van der Waals surface area contributed by atoms with E-state index < -0.39 is 0 Å². The molecule has 0 aliphatic carbocycles. The van der Waals surface area contributed by atoms with Crippen molar-refractivity contribution in [3.05, 3.63) is 60.6 Å². The van der Waals surface area contributed by atoms with Gasteiger partial charge in [0, 0.05) is 32.6 Å². The molecule has 25 heavy (non-hydrogen) atoms. The van der Waals surface area contributed by atoms with Gasteiger partial charge in [-0.2, -0.15) is 5.10 Å². The molecule has 6 heteroatoms. The van der Waals surface area contributed by atoms with E-state index in [4.69, 9.17) is 0 Å². The zero-order chi connectivity index (χ0) is 17.4. The highest BCUT2D eigenvalue weighted by atomic mass is 16.2. The van der Waals surface area contributed by atoms with Crippen LogP contribution in [0.3, 0.4) is 0 Å². The highest BCUT2D eigenvalue weighted by molar-refractivity contribution is 6.04. The molecule has 0 aliphatic heterocycles. The third-order valence-corrected chi connectivity index (χ3v) is 4.51. The summed E-state index contributed by atoms with van der Waals surface area (Å²) in [6.45, 7) is 1.28. The molecular formula is C19H19N5O. The lowest BCUT2D eigenvalue weighted by molar-refractivity contribution is 0.0786. The summed E-state index contributed by atoms with van der Waals surface area (Å²) in [5, 5.41) is 5.30. The first kappa shape index (κ1) is 15.4. The zero-order valence-electron chi connectivity index (χ0n) is 14.3. The van der Waals surface area contributed by atoms with E-state index in [0.717, 1.165) is 21.9 Å². The average molecular weight is 333 g/mol. The minimum absolute atomic E-state index is 0.0683. The lowest BCUT2D eigenvalue weighted by atomic mass is 10.2. The second-order valence-corrected chi connectivity index (χ2v) is 6.14. The Morgan fingerprint density at radius 3 is 2.64 bits per heavy atom. The van der Waals surface area contributed by atoms with Crippen LogP contribution in [0.5, 0.6) is 0 Å². The van der Waals surface area contributed by atoms with Crippen LogP contribution in [0.15, 0.2) is 54.9 Å². The third kappa shape index (κ3) is 2.65. The SMILES string of the molecule is CN(CCn1cnc2ccccc21)C(=O)c1nn(C)c2ccccc12. The zero-order valence-corrected chi connectivity index (χ0v) is 14.3. The first-order chi connectivity index (χ1) is 12.1. The minimum Gasteiger partial charge on any atom is -0.339 e. The second kappa shape index (κ2) is 6.05. The molecule has 0 radical (unpaired) electrons. The maximum absolute atomic E-state index is 12.8. The monoisotopic (exact) mass is 333 g/mol. The number of aromatic nitrogens is 4. The Labute approximate surface area is 145 Å². The fourth-order valence-electron chi connectivity index (χ4n) is 3.10. The van der Waals surface area contributed by atoms with Gasteiger partial charge in [-0.25, -0.2) is 4.98 Å². The van der Waals surface area contributed by atoms with E-state index in [9.17, 15) is 4.79 Å². The molecule has 0 N–H and O–H groups in total. The molecule has 4 rings (SSSR count). The first-order valence-electron chi connectivity index (χ1n) is 8.22. The molecule has 2 aromatic carbocycles. The van der Waals surface area contributed by atoms with Crippen molar-refractivity contribution in [3.63, 3.8) is 0 Å².